The summed E-state index contributed by atoms with van der Waals surface area (Å²) in [6.45, 7) is 0.850. The van der Waals surface area contributed by atoms with Crippen molar-refractivity contribution in [2.45, 2.75) is 19.7 Å². The third-order valence-electron chi connectivity index (χ3n) is 0.227. The van der Waals surface area contributed by atoms with E-state index in [0.717, 1.165) is 6.92 Å². The molecule has 0 N–H and O–H groups in total. The number of carbonyl (C=O) groups excluding carboxylic acids is 1. The average molecular weight is 114 g/mol. The van der Waals surface area contributed by atoms with E-state index in [1.807, 2.05) is 0 Å². The summed E-state index contributed by atoms with van der Waals surface area (Å²) >= 11 is 0. The fraction of sp³-hybridized carbons (Fsp3) is 0.750. The molecule has 0 aromatic rings. The molecule has 0 spiro atoms. The van der Waals surface area contributed by atoms with E-state index in [1.54, 1.807) is 0 Å². The zero-order chi connectivity index (χ0) is 8.58. The van der Waals surface area contributed by atoms with Crippen molar-refractivity contribution in [2.75, 3.05) is 0 Å². The van der Waals surface area contributed by atoms with E-state index in [1.165, 1.54) is 0 Å². The Balaban J connectivity index is 0. The molecule has 0 heterocycles. The SMILES string of the molecule is [2H]C([2H])(C)C([2H])([2H])C(=O)[O-].[Na+]. The summed E-state index contributed by atoms with van der Waals surface area (Å²) in [5.41, 5.74) is 0. The molecular weight excluding hydrogens is 103 g/mol. The van der Waals surface area contributed by atoms with Gasteiger partial charge in [-0.2, -0.15) is 0 Å². The molecule has 0 bridgehead atoms. The van der Waals surface area contributed by atoms with Crippen LogP contribution >= 0.6 is 0 Å². The Morgan fingerprint density at radius 3 is 2.43 bits per heavy atom. The van der Waals surface area contributed by atoms with Crippen molar-refractivity contribution in [1.82, 2.24) is 0 Å². The second kappa shape index (κ2) is 6.47. The van der Waals surface area contributed by atoms with Crippen molar-refractivity contribution >= 4 is 5.97 Å². The first-order valence-electron chi connectivity index (χ1n) is 3.41. The van der Waals surface area contributed by atoms with Gasteiger partial charge in [0.15, 0.2) is 0 Å². The Morgan fingerprint density at radius 2 is 2.43 bits per heavy atom. The van der Waals surface area contributed by atoms with Crippen LogP contribution in [0.2, 0.25) is 0 Å². The van der Waals surface area contributed by atoms with E-state index in [-0.39, 0.29) is 29.6 Å². The van der Waals surface area contributed by atoms with Crippen molar-refractivity contribution in [3.63, 3.8) is 0 Å². The van der Waals surface area contributed by atoms with Crippen LogP contribution in [-0.4, -0.2) is 5.97 Å². The summed E-state index contributed by atoms with van der Waals surface area (Å²) in [7, 11) is 0. The minimum absolute atomic E-state index is 0. The first-order valence-corrected chi connectivity index (χ1v) is 1.41. The van der Waals surface area contributed by atoms with Crippen molar-refractivity contribution in [1.29, 1.82) is 0 Å². The summed E-state index contributed by atoms with van der Waals surface area (Å²) in [6.07, 6.45) is -5.33. The molecule has 0 rings (SSSR count). The van der Waals surface area contributed by atoms with E-state index in [2.05, 4.69) is 0 Å². The third-order valence-corrected chi connectivity index (χ3v) is 0.227. The molecule has 3 heteroatoms. The van der Waals surface area contributed by atoms with Crippen LogP contribution in [0.1, 0.15) is 25.2 Å². The molecule has 0 saturated heterocycles. The Bertz CT molecular complexity index is 153. The molecule has 7 heavy (non-hydrogen) atoms. The molecule has 0 radical (unpaired) electrons. The van der Waals surface area contributed by atoms with E-state index >= 15 is 0 Å². The van der Waals surface area contributed by atoms with Crippen molar-refractivity contribution in [3.8, 4) is 0 Å². The van der Waals surface area contributed by atoms with Crippen LogP contribution in [-0.2, 0) is 4.79 Å². The fourth-order valence-electron chi connectivity index (χ4n) is 0.102. The van der Waals surface area contributed by atoms with Gasteiger partial charge in [0.25, 0.3) is 0 Å². The molecule has 2 nitrogen and oxygen atoms in total. The summed E-state index contributed by atoms with van der Waals surface area (Å²) in [5, 5.41) is 9.94. The molecule has 0 amide bonds. The number of carboxylic acid groups (broad SMARTS) is 1. The van der Waals surface area contributed by atoms with Crippen LogP contribution in [0.4, 0.5) is 0 Å². The first kappa shape index (κ1) is 3.49. The third kappa shape index (κ3) is 10.7. The van der Waals surface area contributed by atoms with Gasteiger partial charge in [-0.3, -0.25) is 0 Å². The van der Waals surface area contributed by atoms with Crippen LogP contribution in [0.5, 0.6) is 0 Å². The molecular formula is C4H7NaO2. The summed E-state index contributed by atoms with van der Waals surface area (Å²) < 4.78 is 26.8. The summed E-state index contributed by atoms with van der Waals surface area (Å²) in [6, 6.07) is 0. The van der Waals surface area contributed by atoms with Gasteiger partial charge in [-0.05, 0) is 6.37 Å². The molecule has 0 aliphatic heterocycles. The number of hydrogen-bond acceptors (Lipinski definition) is 2. The summed E-state index contributed by atoms with van der Waals surface area (Å²) in [4.78, 5) is 9.94. The average Bonchev–Trinajstić information content (AvgIpc) is 1.62. The number of rotatable bonds is 2. The number of carboxylic acids is 1. The molecule has 0 aromatic carbocycles. The van der Waals surface area contributed by atoms with Crippen molar-refractivity contribution in [2.24, 2.45) is 0 Å². The minimum Gasteiger partial charge on any atom is -0.550 e. The molecule has 0 saturated carbocycles. The van der Waals surface area contributed by atoms with Crippen molar-refractivity contribution in [3.05, 3.63) is 0 Å². The van der Waals surface area contributed by atoms with Gasteiger partial charge in [0, 0.05) is 11.5 Å². The predicted molar refractivity (Wildman–Crippen MR) is 19.9 cm³/mol. The zero-order valence-corrected chi connectivity index (χ0v) is 6.32. The van der Waals surface area contributed by atoms with Gasteiger partial charge in [-0.15, -0.1) is 0 Å². The normalized spacial score (nSPS) is 19.6. The molecule has 36 valence electrons. The van der Waals surface area contributed by atoms with E-state index in [0.29, 0.717) is 0 Å². The molecule has 0 atom stereocenters. The van der Waals surface area contributed by atoms with Gasteiger partial charge in [-0.25, -0.2) is 0 Å². The fourth-order valence-corrected chi connectivity index (χ4v) is 0.102. The molecule has 0 unspecified atom stereocenters. The second-order valence-electron chi connectivity index (χ2n) is 0.662. The van der Waals surface area contributed by atoms with Gasteiger partial charge in [-0.1, -0.05) is 13.3 Å². The Labute approximate surface area is 70.8 Å². The van der Waals surface area contributed by atoms with Gasteiger partial charge in [0.1, 0.15) is 0 Å². The monoisotopic (exact) mass is 114 g/mol. The topological polar surface area (TPSA) is 40.1 Å². The van der Waals surface area contributed by atoms with Gasteiger partial charge >= 0.3 is 29.6 Å². The van der Waals surface area contributed by atoms with Crippen LogP contribution in [0.3, 0.4) is 0 Å². The zero-order valence-electron chi connectivity index (χ0n) is 8.32. The van der Waals surface area contributed by atoms with Crippen LogP contribution in [0.15, 0.2) is 0 Å². The number of hydrogen-bond donors (Lipinski definition) is 0. The van der Waals surface area contributed by atoms with E-state index < -0.39 is 18.7 Å². The maximum Gasteiger partial charge on any atom is 1.00 e. The molecule has 0 aromatic heterocycles. The smallest absolute Gasteiger partial charge is 0.550 e. The van der Waals surface area contributed by atoms with Gasteiger partial charge in [0.2, 0.25) is 0 Å². The van der Waals surface area contributed by atoms with E-state index in [9.17, 15) is 9.90 Å². The Hall–Kier alpha value is 0.470. The Morgan fingerprint density at radius 1 is 2.00 bits per heavy atom. The quantitative estimate of drug-likeness (QED) is 0.350. The Kier molecular flexibility index (Phi) is 3.22. The standard InChI is InChI=1S/C4H8O2.Na/c1-2-3-4(5)6;/h2-3H2,1H3,(H,5,6);/q;+1/p-1/i2D2,3D2;. The largest absolute Gasteiger partial charge is 1.00 e. The maximum absolute atomic E-state index is 9.94. The molecule has 0 aliphatic rings. The van der Waals surface area contributed by atoms with Crippen LogP contribution < -0.4 is 34.7 Å². The van der Waals surface area contributed by atoms with Gasteiger partial charge < -0.3 is 9.90 Å². The van der Waals surface area contributed by atoms with E-state index in [4.69, 9.17) is 5.48 Å². The maximum atomic E-state index is 9.94. The number of carbonyl (C=O) groups is 1. The van der Waals surface area contributed by atoms with Gasteiger partial charge in [0.05, 0.1) is 0 Å². The van der Waals surface area contributed by atoms with Crippen molar-refractivity contribution < 1.29 is 44.9 Å². The first-order chi connectivity index (χ1) is 4.19. The summed E-state index contributed by atoms with van der Waals surface area (Å²) in [5.74, 6) is -2.03. The number of aliphatic carboxylic acids is 1. The predicted octanol–water partition coefficient (Wildman–Crippen LogP) is -3.46. The second-order valence-corrected chi connectivity index (χ2v) is 0.662. The molecule has 0 fully saturated rings. The minimum atomic E-state index is -2.92. The van der Waals surface area contributed by atoms with Crippen LogP contribution in [0, 0.1) is 0 Å². The molecule has 0 aliphatic carbocycles. The van der Waals surface area contributed by atoms with Crippen LogP contribution in [0.25, 0.3) is 0 Å².